The Kier molecular flexibility index (Phi) is 3.42. The third-order valence-corrected chi connectivity index (χ3v) is 3.79. The molecule has 0 aliphatic carbocycles. The van der Waals surface area contributed by atoms with Crippen molar-refractivity contribution in [2.75, 3.05) is 0 Å². The van der Waals surface area contributed by atoms with E-state index in [-0.39, 0.29) is 10.5 Å². The van der Waals surface area contributed by atoms with Crippen LogP contribution in [0.4, 0.5) is 8.78 Å². The third-order valence-electron chi connectivity index (χ3n) is 2.81. The van der Waals surface area contributed by atoms with Gasteiger partial charge in [0.25, 0.3) is 0 Å². The van der Waals surface area contributed by atoms with Crippen LogP contribution < -0.4 is 0 Å². The second-order valence-electron chi connectivity index (χ2n) is 4.21. The molecule has 1 heterocycles. The Hall–Kier alpha value is -1.92. The average molecular weight is 292 g/mol. The highest BCUT2D eigenvalue weighted by molar-refractivity contribution is 7.99. The first kappa shape index (κ1) is 13.1. The highest BCUT2D eigenvalue weighted by atomic mass is 32.2. The Morgan fingerprint density at radius 3 is 2.50 bits per heavy atom. The van der Waals surface area contributed by atoms with Gasteiger partial charge in [-0.15, -0.1) is 0 Å². The highest BCUT2D eigenvalue weighted by Crippen LogP contribution is 2.32. The number of aromatic nitrogens is 2. The quantitative estimate of drug-likeness (QED) is 0.777. The number of imidazole rings is 1. The zero-order chi connectivity index (χ0) is 14.1. The minimum Gasteiger partial charge on any atom is -0.392 e. The number of hydrogen-bond acceptors (Lipinski definition) is 3. The molecule has 0 spiro atoms. The van der Waals surface area contributed by atoms with E-state index in [0.29, 0.717) is 5.16 Å². The second kappa shape index (κ2) is 5.22. The Balaban J connectivity index is 1.98. The van der Waals surface area contributed by atoms with Crippen LogP contribution >= 0.6 is 11.8 Å². The molecule has 2 aromatic carbocycles. The van der Waals surface area contributed by atoms with Gasteiger partial charge in [0.15, 0.2) is 5.16 Å². The van der Waals surface area contributed by atoms with E-state index >= 15 is 0 Å². The minimum atomic E-state index is -0.709. The molecule has 0 radical (unpaired) electrons. The summed E-state index contributed by atoms with van der Waals surface area (Å²) in [6, 6.07) is 9.59. The van der Waals surface area contributed by atoms with E-state index in [2.05, 4.69) is 9.97 Å². The minimum absolute atomic E-state index is 0.138. The van der Waals surface area contributed by atoms with Crippen molar-refractivity contribution in [3.8, 4) is 0 Å². The molecule has 6 heteroatoms. The monoisotopic (exact) mass is 292 g/mol. The van der Waals surface area contributed by atoms with E-state index in [1.54, 1.807) is 0 Å². The number of hydrogen-bond donors (Lipinski definition) is 2. The molecule has 3 aromatic rings. The maximum absolute atomic E-state index is 13.8. The highest BCUT2D eigenvalue weighted by Gasteiger charge is 2.14. The Morgan fingerprint density at radius 1 is 1.15 bits per heavy atom. The van der Waals surface area contributed by atoms with Crippen molar-refractivity contribution in [2.45, 2.75) is 16.7 Å². The number of nitrogens with one attached hydrogen (secondary N) is 1. The first-order chi connectivity index (χ1) is 9.67. The average Bonchev–Trinajstić information content (AvgIpc) is 2.85. The van der Waals surface area contributed by atoms with Crippen LogP contribution in [0.5, 0.6) is 0 Å². The van der Waals surface area contributed by atoms with Crippen molar-refractivity contribution < 1.29 is 13.9 Å². The summed E-state index contributed by atoms with van der Waals surface area (Å²) in [6.07, 6.45) is 0. The van der Waals surface area contributed by atoms with Gasteiger partial charge >= 0.3 is 0 Å². The van der Waals surface area contributed by atoms with Crippen molar-refractivity contribution >= 4 is 22.8 Å². The number of rotatable bonds is 3. The molecular weight excluding hydrogens is 282 g/mol. The van der Waals surface area contributed by atoms with E-state index in [9.17, 15) is 8.78 Å². The van der Waals surface area contributed by atoms with Crippen molar-refractivity contribution in [1.29, 1.82) is 0 Å². The van der Waals surface area contributed by atoms with Crippen LogP contribution in [0.3, 0.4) is 0 Å². The zero-order valence-electron chi connectivity index (χ0n) is 10.2. The molecule has 0 amide bonds. The molecule has 0 unspecified atom stereocenters. The number of nitrogens with zero attached hydrogens (tertiary/aromatic N) is 1. The van der Waals surface area contributed by atoms with Gasteiger partial charge in [0.1, 0.15) is 11.6 Å². The van der Waals surface area contributed by atoms with E-state index in [0.717, 1.165) is 34.9 Å². The van der Waals surface area contributed by atoms with Gasteiger partial charge in [-0.1, -0.05) is 12.1 Å². The van der Waals surface area contributed by atoms with Crippen LogP contribution in [0.25, 0.3) is 11.0 Å². The molecule has 0 aliphatic heterocycles. The smallest absolute Gasteiger partial charge is 0.171 e. The van der Waals surface area contributed by atoms with Gasteiger partial charge in [-0.05, 0) is 41.6 Å². The lowest BCUT2D eigenvalue weighted by atomic mass is 10.2. The van der Waals surface area contributed by atoms with Crippen LogP contribution in [-0.4, -0.2) is 15.1 Å². The first-order valence-electron chi connectivity index (χ1n) is 5.89. The number of fused-ring (bicyclic) bond motifs is 1. The predicted octanol–water partition coefficient (Wildman–Crippen LogP) is 3.48. The van der Waals surface area contributed by atoms with Gasteiger partial charge in [-0.25, -0.2) is 13.8 Å². The molecule has 0 saturated heterocycles. The van der Waals surface area contributed by atoms with Gasteiger partial charge in [-0.3, -0.25) is 0 Å². The maximum atomic E-state index is 13.8. The molecule has 0 fully saturated rings. The molecule has 0 atom stereocenters. The second-order valence-corrected chi connectivity index (χ2v) is 5.21. The Morgan fingerprint density at radius 2 is 1.85 bits per heavy atom. The normalized spacial score (nSPS) is 11.2. The lowest BCUT2D eigenvalue weighted by Gasteiger charge is -2.04. The van der Waals surface area contributed by atoms with Crippen molar-refractivity contribution in [3.05, 3.63) is 53.6 Å². The number of aliphatic hydroxyl groups excluding tert-OH is 1. The third kappa shape index (κ3) is 2.39. The Labute approximate surface area is 117 Å². The molecule has 2 N–H and O–H groups in total. The van der Waals surface area contributed by atoms with Crippen LogP contribution in [0.1, 0.15) is 5.56 Å². The topological polar surface area (TPSA) is 48.9 Å². The molecule has 0 bridgehead atoms. The summed E-state index contributed by atoms with van der Waals surface area (Å²) in [5.74, 6) is -1.42. The fraction of sp³-hybridized carbons (Fsp3) is 0.0714. The maximum Gasteiger partial charge on any atom is 0.171 e. The zero-order valence-corrected chi connectivity index (χ0v) is 11.0. The summed E-state index contributed by atoms with van der Waals surface area (Å²) in [7, 11) is 0. The van der Waals surface area contributed by atoms with Crippen LogP contribution in [0, 0.1) is 11.6 Å². The number of halogens is 2. The standard InChI is InChI=1S/C14H10F2N2OS/c15-9-5-8(7-19)6-10(16)13(9)20-14-17-11-3-1-2-4-12(11)18-14/h1-6,19H,7H2,(H,17,18). The van der Waals surface area contributed by atoms with Gasteiger partial charge in [0.05, 0.1) is 22.5 Å². The van der Waals surface area contributed by atoms with E-state index in [1.165, 1.54) is 0 Å². The van der Waals surface area contributed by atoms with Gasteiger partial charge < -0.3 is 10.1 Å². The summed E-state index contributed by atoms with van der Waals surface area (Å²) in [4.78, 5) is 7.12. The molecule has 1 aromatic heterocycles. The number of aromatic amines is 1. The summed E-state index contributed by atoms with van der Waals surface area (Å²) in [5, 5.41) is 9.32. The van der Waals surface area contributed by atoms with E-state index < -0.39 is 18.2 Å². The fourth-order valence-electron chi connectivity index (χ4n) is 1.88. The summed E-state index contributed by atoms with van der Waals surface area (Å²) in [5.41, 5.74) is 1.75. The Bertz CT molecular complexity index is 717. The first-order valence-corrected chi connectivity index (χ1v) is 6.70. The van der Waals surface area contributed by atoms with Crippen molar-refractivity contribution in [2.24, 2.45) is 0 Å². The van der Waals surface area contributed by atoms with Crippen LogP contribution in [0.2, 0.25) is 0 Å². The molecule has 3 nitrogen and oxygen atoms in total. The van der Waals surface area contributed by atoms with E-state index in [4.69, 9.17) is 5.11 Å². The van der Waals surface area contributed by atoms with Crippen LogP contribution in [0.15, 0.2) is 46.5 Å². The lowest BCUT2D eigenvalue weighted by molar-refractivity contribution is 0.280. The largest absolute Gasteiger partial charge is 0.392 e. The number of aliphatic hydroxyl groups is 1. The molecule has 0 aliphatic rings. The van der Waals surface area contributed by atoms with Crippen molar-refractivity contribution in [3.63, 3.8) is 0 Å². The number of benzene rings is 2. The molecule has 102 valence electrons. The number of H-pyrrole nitrogens is 1. The van der Waals surface area contributed by atoms with Crippen LogP contribution in [-0.2, 0) is 6.61 Å². The molecule has 20 heavy (non-hydrogen) atoms. The van der Waals surface area contributed by atoms with E-state index in [1.807, 2.05) is 24.3 Å². The van der Waals surface area contributed by atoms with Gasteiger partial charge in [0, 0.05) is 0 Å². The van der Waals surface area contributed by atoms with Gasteiger partial charge in [-0.2, -0.15) is 0 Å². The summed E-state index contributed by atoms with van der Waals surface area (Å²) >= 11 is 0.887. The molecule has 0 saturated carbocycles. The van der Waals surface area contributed by atoms with Crippen molar-refractivity contribution in [1.82, 2.24) is 9.97 Å². The number of para-hydroxylation sites is 2. The predicted molar refractivity (Wildman–Crippen MR) is 72.5 cm³/mol. The molecule has 3 rings (SSSR count). The summed E-state index contributed by atoms with van der Waals surface area (Å²) < 4.78 is 27.7. The summed E-state index contributed by atoms with van der Waals surface area (Å²) in [6.45, 7) is -0.399. The SMILES string of the molecule is OCc1cc(F)c(Sc2nc3ccccc3[nH]2)c(F)c1. The fourth-order valence-corrected chi connectivity index (χ4v) is 2.69. The van der Waals surface area contributed by atoms with Gasteiger partial charge in [0.2, 0.25) is 0 Å². The molecular formula is C14H10F2N2OS. The lowest BCUT2D eigenvalue weighted by Crippen LogP contribution is -1.93.